The van der Waals surface area contributed by atoms with Crippen molar-refractivity contribution in [2.75, 3.05) is 5.32 Å². The summed E-state index contributed by atoms with van der Waals surface area (Å²) < 4.78 is 1.89. The minimum atomic E-state index is -0.0470. The molecule has 0 aliphatic heterocycles. The third kappa shape index (κ3) is 3.54. The van der Waals surface area contributed by atoms with Gasteiger partial charge in [0.1, 0.15) is 5.82 Å². The highest BCUT2D eigenvalue weighted by Gasteiger charge is 2.17. The van der Waals surface area contributed by atoms with Crippen LogP contribution in [0.15, 0.2) is 36.4 Å². The Hall–Kier alpha value is -2.07. The Morgan fingerprint density at radius 3 is 2.42 bits per heavy atom. The number of nitrogens with zero attached hydrogens (tertiary/aromatic N) is 3. The van der Waals surface area contributed by atoms with Gasteiger partial charge < -0.3 is 5.32 Å². The summed E-state index contributed by atoms with van der Waals surface area (Å²) in [5.41, 5.74) is 3.96. The molecule has 0 amide bonds. The molecular weight excluding hydrogens is 320 g/mol. The first-order valence-corrected chi connectivity index (χ1v) is 8.52. The molecule has 1 aromatic carbocycles. The largest absolute Gasteiger partial charge is 0.365 e. The van der Waals surface area contributed by atoms with Crippen LogP contribution in [0.1, 0.15) is 50.6 Å². The highest BCUT2D eigenvalue weighted by molar-refractivity contribution is 6.30. The average Bonchev–Trinajstić information content (AvgIpc) is 2.89. The molecular formula is C19H23ClN4. The summed E-state index contributed by atoms with van der Waals surface area (Å²) in [5, 5.41) is 9.05. The molecule has 24 heavy (non-hydrogen) atoms. The molecule has 0 aliphatic carbocycles. The number of anilines is 1. The van der Waals surface area contributed by atoms with Crippen molar-refractivity contribution < 1.29 is 0 Å². The van der Waals surface area contributed by atoms with E-state index < -0.39 is 0 Å². The van der Waals surface area contributed by atoms with Crippen LogP contribution in [0.25, 0.3) is 5.65 Å². The van der Waals surface area contributed by atoms with Crippen molar-refractivity contribution in [1.82, 2.24) is 14.6 Å². The molecule has 1 unspecified atom stereocenters. The Labute approximate surface area is 147 Å². The number of hydrogen-bond donors (Lipinski definition) is 1. The number of nitrogens with one attached hydrogen (secondary N) is 1. The lowest BCUT2D eigenvalue weighted by Gasteiger charge is -2.22. The number of hydrogen-bond acceptors (Lipinski definition) is 3. The van der Waals surface area contributed by atoms with Gasteiger partial charge in [-0.25, -0.2) is 4.98 Å². The first-order valence-electron chi connectivity index (χ1n) is 8.14. The first kappa shape index (κ1) is 16.8. The Morgan fingerprint density at radius 2 is 1.79 bits per heavy atom. The molecule has 1 atom stereocenters. The molecule has 2 heterocycles. The van der Waals surface area contributed by atoms with Crippen molar-refractivity contribution in [3.63, 3.8) is 0 Å². The van der Waals surface area contributed by atoms with Crippen molar-refractivity contribution >= 4 is 23.1 Å². The van der Waals surface area contributed by atoms with Crippen molar-refractivity contribution in [1.29, 1.82) is 0 Å². The van der Waals surface area contributed by atoms with Crippen molar-refractivity contribution in [2.24, 2.45) is 0 Å². The maximum absolute atomic E-state index is 5.99. The molecule has 1 N–H and O–H groups in total. The molecule has 4 nitrogen and oxygen atoms in total. The molecule has 0 fully saturated rings. The minimum Gasteiger partial charge on any atom is -0.365 e. The summed E-state index contributed by atoms with van der Waals surface area (Å²) >= 11 is 5.99. The third-order valence-electron chi connectivity index (χ3n) is 3.89. The fourth-order valence-corrected chi connectivity index (χ4v) is 2.85. The van der Waals surface area contributed by atoms with E-state index in [4.69, 9.17) is 16.7 Å². The molecule has 0 saturated carbocycles. The second kappa shape index (κ2) is 6.10. The summed E-state index contributed by atoms with van der Waals surface area (Å²) in [6, 6.07) is 12.0. The molecule has 0 saturated heterocycles. The van der Waals surface area contributed by atoms with E-state index in [0.29, 0.717) is 0 Å². The number of fused-ring (bicyclic) bond motifs is 1. The molecule has 5 heteroatoms. The first-order chi connectivity index (χ1) is 11.2. The van der Waals surface area contributed by atoms with Gasteiger partial charge in [-0.2, -0.15) is 9.61 Å². The number of aryl methyl sites for hydroxylation is 1. The standard InChI is InChI=1S/C19H23ClN4/c1-12-10-18(22-19(3,4)5)24-17(21-12)11-16(23-24)13(2)14-6-8-15(20)9-7-14/h6-11,13,22H,1-5H3. The average molecular weight is 343 g/mol. The van der Waals surface area contributed by atoms with Crippen molar-refractivity contribution in [3.8, 4) is 0 Å². The molecule has 3 aromatic rings. The van der Waals surface area contributed by atoms with Crippen LogP contribution in [-0.4, -0.2) is 20.1 Å². The summed E-state index contributed by atoms with van der Waals surface area (Å²) in [6.07, 6.45) is 0. The highest BCUT2D eigenvalue weighted by Crippen LogP contribution is 2.26. The van der Waals surface area contributed by atoms with Crippen LogP contribution in [0.5, 0.6) is 0 Å². The predicted molar refractivity (Wildman–Crippen MR) is 100 cm³/mol. The van der Waals surface area contributed by atoms with E-state index in [9.17, 15) is 0 Å². The van der Waals surface area contributed by atoms with Crippen LogP contribution in [0.4, 0.5) is 5.82 Å². The Bertz CT molecular complexity index is 859. The zero-order valence-corrected chi connectivity index (χ0v) is 15.5. The summed E-state index contributed by atoms with van der Waals surface area (Å²) in [6.45, 7) is 10.6. The molecule has 0 spiro atoms. The lowest BCUT2D eigenvalue weighted by atomic mass is 9.98. The zero-order valence-electron chi connectivity index (χ0n) is 14.8. The smallest absolute Gasteiger partial charge is 0.157 e. The van der Waals surface area contributed by atoms with Crippen LogP contribution in [0.3, 0.4) is 0 Å². The van der Waals surface area contributed by atoms with E-state index in [1.54, 1.807) is 0 Å². The lowest BCUT2D eigenvalue weighted by Crippen LogP contribution is -2.27. The van der Waals surface area contributed by atoms with Gasteiger partial charge in [0.2, 0.25) is 0 Å². The van der Waals surface area contributed by atoms with Gasteiger partial charge in [-0.3, -0.25) is 0 Å². The number of benzene rings is 1. The van der Waals surface area contributed by atoms with Crippen LogP contribution < -0.4 is 5.32 Å². The van der Waals surface area contributed by atoms with Crippen LogP contribution in [-0.2, 0) is 0 Å². The van der Waals surface area contributed by atoms with E-state index in [-0.39, 0.29) is 11.5 Å². The molecule has 126 valence electrons. The van der Waals surface area contributed by atoms with Gasteiger partial charge in [-0.05, 0) is 45.4 Å². The highest BCUT2D eigenvalue weighted by atomic mass is 35.5. The zero-order chi connectivity index (χ0) is 17.5. The van der Waals surface area contributed by atoms with E-state index in [0.717, 1.165) is 27.9 Å². The fourth-order valence-electron chi connectivity index (χ4n) is 2.72. The Balaban J connectivity index is 2.04. The Morgan fingerprint density at radius 1 is 1.12 bits per heavy atom. The van der Waals surface area contributed by atoms with E-state index in [2.05, 4.69) is 44.1 Å². The number of rotatable bonds is 3. The van der Waals surface area contributed by atoms with Gasteiger partial charge in [0.05, 0.1) is 5.69 Å². The quantitative estimate of drug-likeness (QED) is 0.724. The molecule has 0 aliphatic rings. The maximum Gasteiger partial charge on any atom is 0.157 e. The summed E-state index contributed by atoms with van der Waals surface area (Å²) in [5.74, 6) is 1.13. The second-order valence-electron chi connectivity index (χ2n) is 7.27. The summed E-state index contributed by atoms with van der Waals surface area (Å²) in [4.78, 5) is 4.62. The molecule has 3 rings (SSSR count). The van der Waals surface area contributed by atoms with Crippen molar-refractivity contribution in [2.45, 2.75) is 46.1 Å². The van der Waals surface area contributed by atoms with Crippen molar-refractivity contribution in [3.05, 3.63) is 58.4 Å². The van der Waals surface area contributed by atoms with Gasteiger partial charge in [0.25, 0.3) is 0 Å². The molecule has 2 aromatic heterocycles. The monoisotopic (exact) mass is 342 g/mol. The minimum absolute atomic E-state index is 0.0470. The fraction of sp³-hybridized carbons (Fsp3) is 0.368. The lowest BCUT2D eigenvalue weighted by molar-refractivity contribution is 0.624. The number of halogens is 1. The van der Waals surface area contributed by atoms with Gasteiger partial charge in [0, 0.05) is 34.3 Å². The van der Waals surface area contributed by atoms with E-state index >= 15 is 0 Å². The SMILES string of the molecule is Cc1cc(NC(C)(C)C)n2nc(C(C)c3ccc(Cl)cc3)cc2n1. The van der Waals surface area contributed by atoms with Gasteiger partial charge >= 0.3 is 0 Å². The van der Waals surface area contributed by atoms with Gasteiger partial charge in [-0.1, -0.05) is 30.7 Å². The maximum atomic E-state index is 5.99. The Kier molecular flexibility index (Phi) is 4.26. The topological polar surface area (TPSA) is 42.2 Å². The van der Waals surface area contributed by atoms with Gasteiger partial charge in [0.15, 0.2) is 5.65 Å². The molecule has 0 radical (unpaired) electrons. The number of aromatic nitrogens is 3. The predicted octanol–water partition coefficient (Wildman–Crippen LogP) is 5.05. The third-order valence-corrected chi connectivity index (χ3v) is 4.14. The normalized spacial score (nSPS) is 13.2. The summed E-state index contributed by atoms with van der Waals surface area (Å²) in [7, 11) is 0. The second-order valence-corrected chi connectivity index (χ2v) is 7.71. The van der Waals surface area contributed by atoms with Gasteiger partial charge in [-0.15, -0.1) is 0 Å². The van der Waals surface area contributed by atoms with E-state index in [1.165, 1.54) is 5.56 Å². The van der Waals surface area contributed by atoms with Crippen LogP contribution in [0.2, 0.25) is 5.02 Å². The van der Waals surface area contributed by atoms with Crippen LogP contribution in [0, 0.1) is 6.92 Å². The molecule has 0 bridgehead atoms. The van der Waals surface area contributed by atoms with Crippen LogP contribution >= 0.6 is 11.6 Å². The van der Waals surface area contributed by atoms with E-state index in [1.807, 2.05) is 41.8 Å².